The van der Waals surface area contributed by atoms with Gasteiger partial charge in [0.1, 0.15) is 0 Å². The summed E-state index contributed by atoms with van der Waals surface area (Å²) in [5, 5.41) is 18.0. The molecule has 1 heterocycles. The Bertz CT molecular complexity index is 338. The molecule has 0 aromatic heterocycles. The number of aliphatic carboxylic acids is 1. The highest BCUT2D eigenvalue weighted by molar-refractivity contribution is 5.75. The maximum Gasteiger partial charge on any atom is 0.320 e. The van der Waals surface area contributed by atoms with E-state index in [1.165, 1.54) is 4.90 Å². The van der Waals surface area contributed by atoms with E-state index in [1.807, 2.05) is 4.90 Å². The Morgan fingerprint density at radius 2 is 1.74 bits per heavy atom. The van der Waals surface area contributed by atoms with Crippen molar-refractivity contribution < 1.29 is 19.8 Å². The van der Waals surface area contributed by atoms with E-state index in [-0.39, 0.29) is 19.2 Å². The zero-order valence-electron chi connectivity index (χ0n) is 11.8. The molecular weight excluding hydrogens is 250 g/mol. The molecule has 0 atom stereocenters. The smallest absolute Gasteiger partial charge is 0.320 e. The molecule has 7 nitrogen and oxygen atoms in total. The summed E-state index contributed by atoms with van der Waals surface area (Å²) >= 11 is 0. The average Bonchev–Trinajstić information content (AvgIpc) is 2.37. The SMILES string of the molecule is CN(C(=O)N1CCN(CC(=O)O)CC1)C(C)(C)CO. The van der Waals surface area contributed by atoms with Crippen molar-refractivity contribution in [3.05, 3.63) is 0 Å². The molecule has 0 radical (unpaired) electrons. The number of carbonyl (C=O) groups excluding carboxylic acids is 1. The van der Waals surface area contributed by atoms with Crippen LogP contribution in [-0.4, -0.2) is 88.8 Å². The van der Waals surface area contributed by atoms with Crippen molar-refractivity contribution in [2.24, 2.45) is 0 Å². The van der Waals surface area contributed by atoms with Crippen molar-refractivity contribution in [1.82, 2.24) is 14.7 Å². The quantitative estimate of drug-likeness (QED) is 0.722. The summed E-state index contributed by atoms with van der Waals surface area (Å²) in [5.74, 6) is -0.849. The van der Waals surface area contributed by atoms with Crippen LogP contribution in [0, 0.1) is 0 Å². The Morgan fingerprint density at radius 1 is 1.21 bits per heavy atom. The van der Waals surface area contributed by atoms with E-state index in [9.17, 15) is 14.7 Å². The van der Waals surface area contributed by atoms with Crippen LogP contribution >= 0.6 is 0 Å². The van der Waals surface area contributed by atoms with Crippen molar-refractivity contribution in [2.75, 3.05) is 46.4 Å². The number of aliphatic hydroxyl groups excluding tert-OH is 1. The van der Waals surface area contributed by atoms with Crippen molar-refractivity contribution in [1.29, 1.82) is 0 Å². The summed E-state index contributed by atoms with van der Waals surface area (Å²) in [6.07, 6.45) is 0. The van der Waals surface area contributed by atoms with E-state index >= 15 is 0 Å². The van der Waals surface area contributed by atoms with E-state index in [0.29, 0.717) is 26.2 Å². The third-order valence-electron chi connectivity index (χ3n) is 3.58. The van der Waals surface area contributed by atoms with E-state index < -0.39 is 11.5 Å². The van der Waals surface area contributed by atoms with Crippen LogP contribution in [0.2, 0.25) is 0 Å². The first-order valence-electron chi connectivity index (χ1n) is 6.35. The fourth-order valence-corrected chi connectivity index (χ4v) is 1.87. The number of carboxylic acid groups (broad SMARTS) is 1. The van der Waals surface area contributed by atoms with E-state index in [0.717, 1.165) is 0 Å². The zero-order valence-corrected chi connectivity index (χ0v) is 11.8. The predicted octanol–water partition coefficient (Wildman–Crippen LogP) is -0.489. The maximum atomic E-state index is 12.2. The Labute approximate surface area is 113 Å². The minimum Gasteiger partial charge on any atom is -0.480 e. The van der Waals surface area contributed by atoms with Gasteiger partial charge in [0.15, 0.2) is 0 Å². The second-order valence-corrected chi connectivity index (χ2v) is 5.47. The minimum atomic E-state index is -0.849. The monoisotopic (exact) mass is 273 g/mol. The molecule has 1 saturated heterocycles. The zero-order chi connectivity index (χ0) is 14.6. The van der Waals surface area contributed by atoms with Gasteiger partial charge in [-0.25, -0.2) is 4.79 Å². The van der Waals surface area contributed by atoms with Gasteiger partial charge >= 0.3 is 12.0 Å². The number of urea groups is 1. The number of carbonyl (C=O) groups is 2. The van der Waals surface area contributed by atoms with Gasteiger partial charge in [-0.1, -0.05) is 0 Å². The van der Waals surface area contributed by atoms with Crippen LogP contribution in [0.3, 0.4) is 0 Å². The van der Waals surface area contributed by atoms with Gasteiger partial charge in [0, 0.05) is 33.2 Å². The van der Waals surface area contributed by atoms with Crippen molar-refractivity contribution in [3.63, 3.8) is 0 Å². The first-order valence-corrected chi connectivity index (χ1v) is 6.35. The van der Waals surface area contributed by atoms with Gasteiger partial charge in [-0.15, -0.1) is 0 Å². The lowest BCUT2D eigenvalue weighted by molar-refractivity contribution is -0.138. The molecule has 1 fully saturated rings. The minimum absolute atomic E-state index is 0.0139. The Kier molecular flexibility index (Phi) is 5.13. The van der Waals surface area contributed by atoms with Crippen LogP contribution in [0.5, 0.6) is 0 Å². The molecule has 1 aliphatic heterocycles. The molecule has 1 rings (SSSR count). The molecule has 2 N–H and O–H groups in total. The summed E-state index contributed by atoms with van der Waals surface area (Å²) in [5.41, 5.74) is -0.602. The number of aliphatic hydroxyl groups is 1. The highest BCUT2D eigenvalue weighted by Crippen LogP contribution is 2.14. The highest BCUT2D eigenvalue weighted by atomic mass is 16.4. The van der Waals surface area contributed by atoms with E-state index in [4.69, 9.17) is 5.11 Å². The van der Waals surface area contributed by atoms with E-state index in [1.54, 1.807) is 25.8 Å². The fourth-order valence-electron chi connectivity index (χ4n) is 1.87. The van der Waals surface area contributed by atoms with Gasteiger partial charge in [0.05, 0.1) is 18.7 Å². The first kappa shape index (κ1) is 15.7. The van der Waals surface area contributed by atoms with Crippen LogP contribution in [0.15, 0.2) is 0 Å². The van der Waals surface area contributed by atoms with Crippen LogP contribution < -0.4 is 0 Å². The number of hydrogen-bond donors (Lipinski definition) is 2. The van der Waals surface area contributed by atoms with E-state index in [2.05, 4.69) is 0 Å². The maximum absolute atomic E-state index is 12.2. The number of nitrogens with zero attached hydrogens (tertiary/aromatic N) is 3. The summed E-state index contributed by atoms with van der Waals surface area (Å²) in [7, 11) is 1.67. The Hall–Kier alpha value is -1.34. The van der Waals surface area contributed by atoms with Crippen molar-refractivity contribution in [3.8, 4) is 0 Å². The number of likely N-dealkylation sites (N-methyl/N-ethyl adjacent to an activating group) is 1. The Balaban J connectivity index is 2.51. The molecular formula is C12H23N3O4. The first-order chi connectivity index (χ1) is 8.77. The van der Waals surface area contributed by atoms with Crippen molar-refractivity contribution >= 4 is 12.0 Å². The second-order valence-electron chi connectivity index (χ2n) is 5.47. The molecule has 19 heavy (non-hydrogen) atoms. The molecule has 0 unspecified atom stereocenters. The van der Waals surface area contributed by atoms with Crippen molar-refractivity contribution in [2.45, 2.75) is 19.4 Å². The molecule has 0 aromatic carbocycles. The van der Waals surface area contributed by atoms with Gasteiger partial charge in [-0.3, -0.25) is 9.69 Å². The number of amides is 2. The molecule has 7 heteroatoms. The second kappa shape index (κ2) is 6.21. The molecule has 110 valence electrons. The van der Waals surface area contributed by atoms with Gasteiger partial charge in [0.25, 0.3) is 0 Å². The van der Waals surface area contributed by atoms with Gasteiger partial charge in [-0.05, 0) is 13.8 Å². The lowest BCUT2D eigenvalue weighted by Crippen LogP contribution is -2.57. The lowest BCUT2D eigenvalue weighted by atomic mass is 10.1. The molecule has 0 aromatic rings. The van der Waals surface area contributed by atoms with Crippen LogP contribution in [-0.2, 0) is 4.79 Å². The summed E-state index contributed by atoms with van der Waals surface area (Å²) in [6, 6.07) is -0.131. The van der Waals surface area contributed by atoms with Crippen LogP contribution in [0.1, 0.15) is 13.8 Å². The number of piperazine rings is 1. The topological polar surface area (TPSA) is 84.3 Å². The average molecular weight is 273 g/mol. The number of rotatable bonds is 4. The van der Waals surface area contributed by atoms with Crippen LogP contribution in [0.4, 0.5) is 4.79 Å². The van der Waals surface area contributed by atoms with Gasteiger partial charge < -0.3 is 20.0 Å². The Morgan fingerprint density at radius 3 is 2.16 bits per heavy atom. The molecule has 0 bridgehead atoms. The molecule has 0 spiro atoms. The molecule has 1 aliphatic rings. The fraction of sp³-hybridized carbons (Fsp3) is 0.833. The number of hydrogen-bond acceptors (Lipinski definition) is 4. The highest BCUT2D eigenvalue weighted by Gasteiger charge is 2.31. The summed E-state index contributed by atoms with van der Waals surface area (Å²) in [6.45, 7) is 5.65. The predicted molar refractivity (Wildman–Crippen MR) is 70.0 cm³/mol. The standard InChI is InChI=1S/C12H23N3O4/c1-12(2,9-16)13(3)11(19)15-6-4-14(5-7-15)8-10(17)18/h16H,4-9H2,1-3H3,(H,17,18). The summed E-state index contributed by atoms with van der Waals surface area (Å²) < 4.78 is 0. The van der Waals surface area contributed by atoms with Gasteiger partial charge in [0.2, 0.25) is 0 Å². The van der Waals surface area contributed by atoms with Gasteiger partial charge in [-0.2, -0.15) is 0 Å². The normalized spacial score (nSPS) is 17.4. The largest absolute Gasteiger partial charge is 0.480 e. The van der Waals surface area contributed by atoms with Crippen LogP contribution in [0.25, 0.3) is 0 Å². The molecule has 0 saturated carbocycles. The third-order valence-corrected chi connectivity index (χ3v) is 3.58. The molecule has 2 amide bonds. The number of carboxylic acids is 1. The summed E-state index contributed by atoms with van der Waals surface area (Å²) in [4.78, 5) is 27.9. The lowest BCUT2D eigenvalue weighted by Gasteiger charge is -2.40. The third kappa shape index (κ3) is 4.07. The molecule has 0 aliphatic carbocycles.